The van der Waals surface area contributed by atoms with Gasteiger partial charge in [-0.1, -0.05) is 11.3 Å². The van der Waals surface area contributed by atoms with Gasteiger partial charge < -0.3 is 10.2 Å². The maximum absolute atomic E-state index is 12.5. The Bertz CT molecular complexity index is 820. The fourth-order valence-corrected chi connectivity index (χ4v) is 4.04. The lowest BCUT2D eigenvalue weighted by Crippen LogP contribution is -2.39. The third kappa shape index (κ3) is 4.07. The number of rotatable bonds is 4. The van der Waals surface area contributed by atoms with Crippen molar-refractivity contribution in [3.05, 3.63) is 28.0 Å². The quantitative estimate of drug-likeness (QED) is 0.829. The Morgan fingerprint density at radius 1 is 1.12 bits per heavy atom. The van der Waals surface area contributed by atoms with Crippen LogP contribution in [0, 0.1) is 26.7 Å². The standard InChI is InChI=1S/C18H23N5O2S/c1-10-9-11(2)20-17(19-10)23-7-5-14(6-8-23)16(25)22-18-21-12(3)15(26-18)13(4)24/h9,14H,5-8H2,1-4H3,(H,21,22,25). The lowest BCUT2D eigenvalue weighted by atomic mass is 9.96. The summed E-state index contributed by atoms with van der Waals surface area (Å²) in [5.41, 5.74) is 2.57. The van der Waals surface area contributed by atoms with Gasteiger partial charge in [-0.15, -0.1) is 0 Å². The van der Waals surface area contributed by atoms with Crippen LogP contribution in [0.2, 0.25) is 0 Å². The van der Waals surface area contributed by atoms with Gasteiger partial charge in [0.1, 0.15) is 0 Å². The highest BCUT2D eigenvalue weighted by Crippen LogP contribution is 2.26. The van der Waals surface area contributed by atoms with E-state index in [0.29, 0.717) is 15.7 Å². The molecule has 0 aromatic carbocycles. The molecule has 3 rings (SSSR count). The molecule has 1 N–H and O–H groups in total. The maximum Gasteiger partial charge on any atom is 0.229 e. The fourth-order valence-electron chi connectivity index (χ4n) is 3.17. The van der Waals surface area contributed by atoms with Crippen molar-refractivity contribution in [2.75, 3.05) is 23.3 Å². The van der Waals surface area contributed by atoms with Crippen LogP contribution in [0.25, 0.3) is 0 Å². The van der Waals surface area contributed by atoms with Gasteiger partial charge in [0.05, 0.1) is 10.6 Å². The number of aromatic nitrogens is 3. The molecule has 1 amide bonds. The topological polar surface area (TPSA) is 88.1 Å². The zero-order valence-corrected chi connectivity index (χ0v) is 16.3. The van der Waals surface area contributed by atoms with Crippen molar-refractivity contribution >= 4 is 34.1 Å². The first-order valence-corrected chi connectivity index (χ1v) is 9.51. The summed E-state index contributed by atoms with van der Waals surface area (Å²) in [6.07, 6.45) is 1.48. The van der Waals surface area contributed by atoms with E-state index < -0.39 is 0 Å². The van der Waals surface area contributed by atoms with E-state index in [9.17, 15) is 9.59 Å². The van der Waals surface area contributed by atoms with E-state index in [4.69, 9.17) is 0 Å². The molecule has 26 heavy (non-hydrogen) atoms. The minimum atomic E-state index is -0.0675. The second-order valence-corrected chi connectivity index (χ2v) is 7.69. The minimum Gasteiger partial charge on any atom is -0.341 e. The molecule has 0 atom stereocenters. The van der Waals surface area contributed by atoms with Gasteiger partial charge in [0.25, 0.3) is 0 Å². The van der Waals surface area contributed by atoms with Crippen LogP contribution >= 0.6 is 11.3 Å². The zero-order chi connectivity index (χ0) is 18.8. The zero-order valence-electron chi connectivity index (χ0n) is 15.5. The monoisotopic (exact) mass is 373 g/mol. The summed E-state index contributed by atoms with van der Waals surface area (Å²) in [4.78, 5) is 40.1. The first-order chi connectivity index (χ1) is 12.3. The van der Waals surface area contributed by atoms with Crippen molar-refractivity contribution in [1.82, 2.24) is 15.0 Å². The van der Waals surface area contributed by atoms with E-state index >= 15 is 0 Å². The number of hydrogen-bond acceptors (Lipinski definition) is 7. The van der Waals surface area contributed by atoms with Crippen LogP contribution in [0.3, 0.4) is 0 Å². The molecular formula is C18H23N5O2S. The molecule has 3 heterocycles. The average molecular weight is 373 g/mol. The third-order valence-corrected chi connectivity index (χ3v) is 5.64. The highest BCUT2D eigenvalue weighted by Gasteiger charge is 2.27. The molecule has 0 saturated carbocycles. The summed E-state index contributed by atoms with van der Waals surface area (Å²) in [7, 11) is 0. The number of thiazole rings is 1. The molecule has 0 aliphatic carbocycles. The van der Waals surface area contributed by atoms with Gasteiger partial charge in [0.2, 0.25) is 11.9 Å². The number of Topliss-reactive ketones (excluding diaryl/α,β-unsaturated/α-hetero) is 1. The normalized spacial score (nSPS) is 15.2. The van der Waals surface area contributed by atoms with Crippen molar-refractivity contribution in [1.29, 1.82) is 0 Å². The number of carbonyl (C=O) groups excluding carboxylic acids is 2. The molecular weight excluding hydrogens is 350 g/mol. The minimum absolute atomic E-state index is 0.0257. The Balaban J connectivity index is 1.60. The summed E-state index contributed by atoms with van der Waals surface area (Å²) in [5.74, 6) is 0.613. The Hall–Kier alpha value is -2.35. The van der Waals surface area contributed by atoms with Gasteiger partial charge in [0, 0.05) is 37.3 Å². The molecule has 2 aromatic heterocycles. The van der Waals surface area contributed by atoms with Crippen molar-refractivity contribution < 1.29 is 9.59 Å². The molecule has 0 spiro atoms. The average Bonchev–Trinajstić information content (AvgIpc) is 2.94. The first kappa shape index (κ1) is 18.4. The van der Waals surface area contributed by atoms with Crippen molar-refractivity contribution in [3.8, 4) is 0 Å². The molecule has 2 aromatic rings. The summed E-state index contributed by atoms with van der Waals surface area (Å²) >= 11 is 1.24. The molecule has 0 unspecified atom stereocenters. The van der Waals surface area contributed by atoms with Crippen LogP contribution in [-0.2, 0) is 4.79 Å². The molecule has 7 nitrogen and oxygen atoms in total. The second-order valence-electron chi connectivity index (χ2n) is 6.69. The summed E-state index contributed by atoms with van der Waals surface area (Å²) in [6, 6.07) is 1.95. The van der Waals surface area contributed by atoms with Gasteiger partial charge in [-0.25, -0.2) is 15.0 Å². The summed E-state index contributed by atoms with van der Waals surface area (Å²) in [5, 5.41) is 3.36. The maximum atomic E-state index is 12.5. The van der Waals surface area contributed by atoms with Crippen molar-refractivity contribution in [2.45, 2.75) is 40.5 Å². The third-order valence-electron chi connectivity index (χ3n) is 4.47. The van der Waals surface area contributed by atoms with Crippen LogP contribution < -0.4 is 10.2 Å². The van der Waals surface area contributed by atoms with Crippen LogP contribution in [-0.4, -0.2) is 39.7 Å². The highest BCUT2D eigenvalue weighted by molar-refractivity contribution is 7.17. The van der Waals surface area contributed by atoms with Crippen LogP contribution in [0.5, 0.6) is 0 Å². The van der Waals surface area contributed by atoms with Gasteiger partial charge >= 0.3 is 0 Å². The number of hydrogen-bond donors (Lipinski definition) is 1. The number of carbonyl (C=O) groups is 2. The lowest BCUT2D eigenvalue weighted by molar-refractivity contribution is -0.120. The van der Waals surface area contributed by atoms with Crippen LogP contribution in [0.15, 0.2) is 6.07 Å². The number of ketones is 1. The molecule has 1 aliphatic rings. The van der Waals surface area contributed by atoms with Gasteiger partial charge in [0.15, 0.2) is 10.9 Å². The Kier molecular flexibility index (Phi) is 5.31. The van der Waals surface area contributed by atoms with E-state index in [-0.39, 0.29) is 17.6 Å². The predicted molar refractivity (Wildman–Crippen MR) is 102 cm³/mol. The molecule has 0 radical (unpaired) electrons. The van der Waals surface area contributed by atoms with E-state index in [1.54, 1.807) is 6.92 Å². The van der Waals surface area contributed by atoms with Crippen LogP contribution in [0.1, 0.15) is 46.5 Å². The summed E-state index contributed by atoms with van der Waals surface area (Å²) < 4.78 is 0. The van der Waals surface area contributed by atoms with Crippen LogP contribution in [0.4, 0.5) is 11.1 Å². The lowest BCUT2D eigenvalue weighted by Gasteiger charge is -2.31. The number of anilines is 2. The SMILES string of the molecule is CC(=O)c1sc(NC(=O)C2CCN(c3nc(C)cc(C)n3)CC2)nc1C. The smallest absolute Gasteiger partial charge is 0.229 e. The molecule has 138 valence electrons. The molecule has 1 saturated heterocycles. The predicted octanol–water partition coefficient (Wildman–Crippen LogP) is 2.92. The number of nitrogens with zero attached hydrogens (tertiary/aromatic N) is 4. The Labute approximate surface area is 156 Å². The van der Waals surface area contributed by atoms with Gasteiger partial charge in [-0.05, 0) is 39.7 Å². The van der Waals surface area contributed by atoms with E-state index in [1.807, 2.05) is 19.9 Å². The van der Waals surface area contributed by atoms with E-state index in [2.05, 4.69) is 25.2 Å². The van der Waals surface area contributed by atoms with Crippen molar-refractivity contribution in [3.63, 3.8) is 0 Å². The molecule has 1 fully saturated rings. The largest absolute Gasteiger partial charge is 0.341 e. The molecule has 0 bridgehead atoms. The molecule has 1 aliphatic heterocycles. The van der Waals surface area contributed by atoms with E-state index in [1.165, 1.54) is 18.3 Å². The second kappa shape index (κ2) is 7.49. The first-order valence-electron chi connectivity index (χ1n) is 8.70. The highest BCUT2D eigenvalue weighted by atomic mass is 32.1. The fraction of sp³-hybridized carbons (Fsp3) is 0.500. The van der Waals surface area contributed by atoms with Crippen molar-refractivity contribution in [2.24, 2.45) is 5.92 Å². The molecule has 8 heteroatoms. The number of aryl methyl sites for hydroxylation is 3. The van der Waals surface area contributed by atoms with Gasteiger partial charge in [-0.3, -0.25) is 9.59 Å². The number of piperidine rings is 1. The number of amides is 1. The number of nitrogens with one attached hydrogen (secondary N) is 1. The van der Waals surface area contributed by atoms with Gasteiger partial charge in [-0.2, -0.15) is 0 Å². The van der Waals surface area contributed by atoms with E-state index in [0.717, 1.165) is 43.3 Å². The summed E-state index contributed by atoms with van der Waals surface area (Å²) in [6.45, 7) is 8.71. The Morgan fingerprint density at radius 2 is 1.73 bits per heavy atom. The Morgan fingerprint density at radius 3 is 2.27 bits per heavy atom.